The van der Waals surface area contributed by atoms with E-state index < -0.39 is 0 Å². The number of carbonyl (C=O) groups is 1. The van der Waals surface area contributed by atoms with Crippen LogP contribution >= 0.6 is 0 Å². The Balaban J connectivity index is 2.71. The van der Waals surface area contributed by atoms with E-state index in [2.05, 4.69) is 23.6 Å². The normalized spacial score (nSPS) is 22.6. The van der Waals surface area contributed by atoms with Crippen molar-refractivity contribution >= 4 is 5.91 Å². The summed E-state index contributed by atoms with van der Waals surface area (Å²) in [4.78, 5) is 18.4. The topological polar surface area (TPSA) is 26.8 Å². The Morgan fingerprint density at radius 2 is 2.00 bits per heavy atom. The van der Waals surface area contributed by atoms with Gasteiger partial charge in [-0.1, -0.05) is 0 Å². The predicted molar refractivity (Wildman–Crippen MR) is 66.5 cm³/mol. The molecule has 0 bridgehead atoms. The fourth-order valence-corrected chi connectivity index (χ4v) is 2.06. The van der Waals surface area contributed by atoms with Crippen LogP contribution in [-0.4, -0.2) is 73.5 Å². The maximum absolute atomic E-state index is 12.1. The van der Waals surface area contributed by atoms with Crippen LogP contribution in [0.1, 0.15) is 20.3 Å². The molecule has 94 valence electrons. The predicted octanol–water partition coefficient (Wildman–Crippen LogP) is 0.491. The minimum absolute atomic E-state index is 0.0160. The van der Waals surface area contributed by atoms with Crippen LogP contribution in [0.4, 0.5) is 0 Å². The van der Waals surface area contributed by atoms with E-state index in [9.17, 15) is 4.79 Å². The van der Waals surface area contributed by atoms with Gasteiger partial charge in [-0.3, -0.25) is 9.69 Å². The Kier molecular flexibility index (Phi) is 4.33. The second-order valence-electron chi connectivity index (χ2n) is 5.65. The Morgan fingerprint density at radius 1 is 1.38 bits per heavy atom. The van der Waals surface area contributed by atoms with Gasteiger partial charge in [0.1, 0.15) is 0 Å². The average molecular weight is 227 g/mol. The lowest BCUT2D eigenvalue weighted by molar-refractivity contribution is -0.135. The fourth-order valence-electron chi connectivity index (χ4n) is 2.06. The third-order valence-electron chi connectivity index (χ3n) is 3.31. The van der Waals surface area contributed by atoms with E-state index in [-0.39, 0.29) is 11.4 Å². The molecule has 1 fully saturated rings. The van der Waals surface area contributed by atoms with Crippen molar-refractivity contribution in [3.05, 3.63) is 0 Å². The summed E-state index contributed by atoms with van der Waals surface area (Å²) in [6, 6.07) is 0. The standard InChI is InChI=1S/C12H25N3O/c1-12(2)6-7-14(5)10-11(16)15(12)9-8-13(3)4/h6-10H2,1-5H3. The smallest absolute Gasteiger partial charge is 0.237 e. The zero-order chi connectivity index (χ0) is 12.3. The molecule has 0 aromatic carbocycles. The van der Waals surface area contributed by atoms with Gasteiger partial charge in [-0.15, -0.1) is 0 Å². The molecule has 0 unspecified atom stereocenters. The van der Waals surface area contributed by atoms with Gasteiger partial charge in [0.2, 0.25) is 5.91 Å². The Morgan fingerprint density at radius 3 is 2.56 bits per heavy atom. The highest BCUT2D eigenvalue weighted by Gasteiger charge is 2.33. The molecule has 0 N–H and O–H groups in total. The summed E-state index contributed by atoms with van der Waals surface area (Å²) in [5.74, 6) is 0.256. The van der Waals surface area contributed by atoms with Crippen LogP contribution in [0, 0.1) is 0 Å². The lowest BCUT2D eigenvalue weighted by Crippen LogP contribution is -2.50. The Hall–Kier alpha value is -0.610. The second kappa shape index (κ2) is 5.15. The zero-order valence-corrected chi connectivity index (χ0v) is 11.3. The molecule has 0 atom stereocenters. The van der Waals surface area contributed by atoms with Crippen molar-refractivity contribution in [2.45, 2.75) is 25.8 Å². The maximum Gasteiger partial charge on any atom is 0.237 e. The summed E-state index contributed by atoms with van der Waals surface area (Å²) < 4.78 is 0. The van der Waals surface area contributed by atoms with Crippen LogP contribution in [0.2, 0.25) is 0 Å². The van der Waals surface area contributed by atoms with Crippen molar-refractivity contribution in [1.82, 2.24) is 14.7 Å². The van der Waals surface area contributed by atoms with E-state index in [4.69, 9.17) is 0 Å². The van der Waals surface area contributed by atoms with Crippen molar-refractivity contribution < 1.29 is 4.79 Å². The minimum Gasteiger partial charge on any atom is -0.335 e. The molecule has 0 radical (unpaired) electrons. The molecular formula is C12H25N3O. The highest BCUT2D eigenvalue weighted by molar-refractivity contribution is 5.79. The lowest BCUT2D eigenvalue weighted by atomic mass is 9.98. The number of hydrogen-bond donors (Lipinski definition) is 0. The van der Waals surface area contributed by atoms with Gasteiger partial charge in [0.05, 0.1) is 6.54 Å². The number of amides is 1. The number of nitrogens with zero attached hydrogens (tertiary/aromatic N) is 3. The molecule has 4 nitrogen and oxygen atoms in total. The molecule has 0 aromatic rings. The molecular weight excluding hydrogens is 202 g/mol. The highest BCUT2D eigenvalue weighted by Crippen LogP contribution is 2.22. The molecule has 16 heavy (non-hydrogen) atoms. The molecule has 1 aliphatic heterocycles. The van der Waals surface area contributed by atoms with Gasteiger partial charge in [-0.2, -0.15) is 0 Å². The SMILES string of the molecule is CN(C)CCN1C(=O)CN(C)CCC1(C)C. The Bertz CT molecular complexity index is 251. The van der Waals surface area contributed by atoms with Crippen LogP contribution in [-0.2, 0) is 4.79 Å². The van der Waals surface area contributed by atoms with Crippen LogP contribution in [0.25, 0.3) is 0 Å². The summed E-state index contributed by atoms with van der Waals surface area (Å²) in [6.07, 6.45) is 1.04. The Labute approximate surface area is 99.2 Å². The molecule has 1 rings (SSSR count). The van der Waals surface area contributed by atoms with Gasteiger partial charge in [-0.25, -0.2) is 0 Å². The van der Waals surface area contributed by atoms with Crippen LogP contribution in [0.5, 0.6) is 0 Å². The molecule has 4 heteroatoms. The molecule has 0 saturated carbocycles. The summed E-state index contributed by atoms with van der Waals surface area (Å²) >= 11 is 0. The maximum atomic E-state index is 12.1. The van der Waals surface area contributed by atoms with E-state index >= 15 is 0 Å². The quantitative estimate of drug-likeness (QED) is 0.702. The van der Waals surface area contributed by atoms with Gasteiger partial charge in [0.25, 0.3) is 0 Å². The zero-order valence-electron chi connectivity index (χ0n) is 11.3. The lowest BCUT2D eigenvalue weighted by Gasteiger charge is -2.37. The number of rotatable bonds is 3. The van der Waals surface area contributed by atoms with Crippen LogP contribution in [0.3, 0.4) is 0 Å². The first-order chi connectivity index (χ1) is 7.33. The molecule has 0 spiro atoms. The molecule has 0 aromatic heterocycles. The van der Waals surface area contributed by atoms with E-state index in [1.165, 1.54) is 0 Å². The van der Waals surface area contributed by atoms with Gasteiger partial charge in [-0.05, 0) is 41.4 Å². The molecule has 1 saturated heterocycles. The number of carbonyl (C=O) groups excluding carboxylic acids is 1. The van der Waals surface area contributed by atoms with E-state index in [1.54, 1.807) is 0 Å². The van der Waals surface area contributed by atoms with Crippen molar-refractivity contribution in [1.29, 1.82) is 0 Å². The summed E-state index contributed by atoms with van der Waals surface area (Å²) in [5, 5.41) is 0. The molecule has 1 aliphatic rings. The van der Waals surface area contributed by atoms with Gasteiger partial charge in [0.15, 0.2) is 0 Å². The minimum atomic E-state index is -0.0160. The average Bonchev–Trinajstić information content (AvgIpc) is 2.22. The first-order valence-electron chi connectivity index (χ1n) is 5.96. The monoisotopic (exact) mass is 227 g/mol. The van der Waals surface area contributed by atoms with Crippen molar-refractivity contribution in [2.75, 3.05) is 47.3 Å². The molecule has 1 heterocycles. The first kappa shape index (κ1) is 13.5. The van der Waals surface area contributed by atoms with Gasteiger partial charge in [0, 0.05) is 25.2 Å². The first-order valence-corrected chi connectivity index (χ1v) is 5.96. The van der Waals surface area contributed by atoms with Crippen molar-refractivity contribution in [3.63, 3.8) is 0 Å². The van der Waals surface area contributed by atoms with Crippen molar-refractivity contribution in [3.8, 4) is 0 Å². The van der Waals surface area contributed by atoms with Gasteiger partial charge >= 0.3 is 0 Å². The molecule has 1 amide bonds. The van der Waals surface area contributed by atoms with E-state index in [0.717, 1.165) is 26.1 Å². The second-order valence-corrected chi connectivity index (χ2v) is 5.65. The molecule has 0 aliphatic carbocycles. The number of hydrogen-bond acceptors (Lipinski definition) is 3. The summed E-state index contributed by atoms with van der Waals surface area (Å²) in [7, 11) is 6.10. The van der Waals surface area contributed by atoms with Crippen LogP contribution < -0.4 is 0 Å². The third kappa shape index (κ3) is 3.46. The fraction of sp³-hybridized carbons (Fsp3) is 0.917. The number of likely N-dealkylation sites (N-methyl/N-ethyl adjacent to an activating group) is 2. The van der Waals surface area contributed by atoms with Crippen molar-refractivity contribution in [2.24, 2.45) is 0 Å². The largest absolute Gasteiger partial charge is 0.335 e. The summed E-state index contributed by atoms with van der Waals surface area (Å²) in [6.45, 7) is 7.64. The van der Waals surface area contributed by atoms with E-state index in [1.807, 2.05) is 26.0 Å². The highest BCUT2D eigenvalue weighted by atomic mass is 16.2. The van der Waals surface area contributed by atoms with Gasteiger partial charge < -0.3 is 9.80 Å². The summed E-state index contributed by atoms with van der Waals surface area (Å²) in [5.41, 5.74) is -0.0160. The third-order valence-corrected chi connectivity index (χ3v) is 3.31. The van der Waals surface area contributed by atoms with E-state index in [0.29, 0.717) is 6.54 Å². The van der Waals surface area contributed by atoms with Crippen LogP contribution in [0.15, 0.2) is 0 Å².